The predicted octanol–water partition coefficient (Wildman–Crippen LogP) is 3.37. The number of amides is 1. The minimum absolute atomic E-state index is 0.126. The van der Waals surface area contributed by atoms with E-state index in [0.29, 0.717) is 30.3 Å². The Balaban J connectivity index is 1.35. The molecule has 5 rings (SSSR count). The summed E-state index contributed by atoms with van der Waals surface area (Å²) in [4.78, 5) is 19.0. The molecule has 0 aliphatic carbocycles. The van der Waals surface area contributed by atoms with Crippen molar-refractivity contribution in [3.8, 4) is 11.5 Å². The summed E-state index contributed by atoms with van der Waals surface area (Å²) in [7, 11) is 0. The molecule has 1 aliphatic rings. The van der Waals surface area contributed by atoms with Gasteiger partial charge in [-0.05, 0) is 30.7 Å². The van der Waals surface area contributed by atoms with E-state index in [1.54, 1.807) is 24.5 Å². The van der Waals surface area contributed by atoms with E-state index < -0.39 is 0 Å². The molecule has 26 heavy (non-hydrogen) atoms. The number of nitrogens with zero attached hydrogens (tertiary/aromatic N) is 4. The first kappa shape index (κ1) is 14.9. The van der Waals surface area contributed by atoms with Crippen molar-refractivity contribution in [1.82, 2.24) is 19.6 Å². The molecule has 4 heterocycles. The summed E-state index contributed by atoms with van der Waals surface area (Å²) in [6, 6.07) is 13.4. The van der Waals surface area contributed by atoms with Gasteiger partial charge in [0.05, 0.1) is 29.7 Å². The highest BCUT2D eigenvalue weighted by molar-refractivity contribution is 5.93. The van der Waals surface area contributed by atoms with Gasteiger partial charge in [0, 0.05) is 19.2 Å². The van der Waals surface area contributed by atoms with Crippen LogP contribution in [0.4, 0.5) is 0 Å². The number of imidazole rings is 1. The normalized spacial score (nSPS) is 17.2. The zero-order chi connectivity index (χ0) is 17.5. The van der Waals surface area contributed by atoms with Crippen LogP contribution in [0.3, 0.4) is 0 Å². The third-order valence-electron chi connectivity index (χ3n) is 4.82. The Kier molecular flexibility index (Phi) is 3.38. The lowest BCUT2D eigenvalue weighted by molar-refractivity contribution is 0.0777. The predicted molar refractivity (Wildman–Crippen MR) is 93.5 cm³/mol. The molecule has 1 aliphatic heterocycles. The first-order chi connectivity index (χ1) is 12.8. The van der Waals surface area contributed by atoms with Crippen molar-refractivity contribution in [2.24, 2.45) is 0 Å². The zero-order valence-corrected chi connectivity index (χ0v) is 13.9. The number of hydrogen-bond donors (Lipinski definition) is 0. The zero-order valence-electron chi connectivity index (χ0n) is 13.9. The topological polar surface area (TPSA) is 77.3 Å². The molecule has 0 N–H and O–H groups in total. The Hall–Kier alpha value is -3.35. The second kappa shape index (κ2) is 5.87. The molecule has 1 fully saturated rings. The fourth-order valence-corrected chi connectivity index (χ4v) is 3.50. The molecule has 0 radical (unpaired) electrons. The first-order valence-electron chi connectivity index (χ1n) is 8.51. The molecule has 0 spiro atoms. The number of benzene rings is 1. The van der Waals surface area contributed by atoms with Crippen LogP contribution in [0.1, 0.15) is 23.0 Å². The van der Waals surface area contributed by atoms with Crippen LogP contribution in [0.15, 0.2) is 64.0 Å². The number of likely N-dealkylation sites (tertiary alicyclic amines) is 1. The fourth-order valence-electron chi connectivity index (χ4n) is 3.50. The van der Waals surface area contributed by atoms with Gasteiger partial charge in [0.1, 0.15) is 0 Å². The highest BCUT2D eigenvalue weighted by atomic mass is 16.5. The standard InChI is InChI=1S/C19H16N4O3/c24-19(15-10-18(26-21-15)17-6-3-9-25-17)22-8-7-13(11-22)23-12-20-14-4-1-2-5-16(14)23/h1-6,9-10,12-13H,7-8,11H2. The number of fused-ring (bicyclic) bond motifs is 1. The Labute approximate surface area is 148 Å². The number of rotatable bonds is 3. The van der Waals surface area contributed by atoms with Gasteiger partial charge < -0.3 is 18.4 Å². The molecule has 4 aromatic rings. The Morgan fingerprint density at radius 2 is 2.08 bits per heavy atom. The van der Waals surface area contributed by atoms with E-state index in [1.165, 1.54) is 0 Å². The van der Waals surface area contributed by atoms with Gasteiger partial charge in [0.25, 0.3) is 5.91 Å². The van der Waals surface area contributed by atoms with Gasteiger partial charge in [0.2, 0.25) is 5.76 Å². The number of furan rings is 1. The quantitative estimate of drug-likeness (QED) is 0.567. The monoisotopic (exact) mass is 348 g/mol. The van der Waals surface area contributed by atoms with E-state index in [-0.39, 0.29) is 11.9 Å². The average Bonchev–Trinajstić information content (AvgIpc) is 3.47. The molecule has 1 amide bonds. The van der Waals surface area contributed by atoms with Crippen LogP contribution < -0.4 is 0 Å². The maximum Gasteiger partial charge on any atom is 0.276 e. The average molecular weight is 348 g/mol. The molecule has 3 aromatic heterocycles. The smallest absolute Gasteiger partial charge is 0.276 e. The fraction of sp³-hybridized carbons (Fsp3) is 0.211. The molecule has 0 saturated carbocycles. The van der Waals surface area contributed by atoms with Crippen molar-refractivity contribution in [1.29, 1.82) is 0 Å². The summed E-state index contributed by atoms with van der Waals surface area (Å²) in [5, 5.41) is 3.91. The lowest BCUT2D eigenvalue weighted by Gasteiger charge is -2.16. The summed E-state index contributed by atoms with van der Waals surface area (Å²) in [5.74, 6) is 0.883. The molecule has 1 aromatic carbocycles. The van der Waals surface area contributed by atoms with Crippen molar-refractivity contribution in [3.63, 3.8) is 0 Å². The minimum atomic E-state index is -0.126. The number of hydrogen-bond acceptors (Lipinski definition) is 5. The van der Waals surface area contributed by atoms with Crippen LogP contribution in [-0.4, -0.2) is 38.6 Å². The summed E-state index contributed by atoms with van der Waals surface area (Å²) >= 11 is 0. The number of carbonyl (C=O) groups is 1. The molecule has 7 nitrogen and oxygen atoms in total. The van der Waals surface area contributed by atoms with Crippen LogP contribution in [0, 0.1) is 0 Å². The van der Waals surface area contributed by atoms with E-state index in [1.807, 2.05) is 29.4 Å². The summed E-state index contributed by atoms with van der Waals surface area (Å²) < 4.78 is 12.7. The van der Waals surface area contributed by atoms with Crippen molar-refractivity contribution >= 4 is 16.9 Å². The number of carbonyl (C=O) groups excluding carboxylic acids is 1. The van der Waals surface area contributed by atoms with Crippen LogP contribution in [0.25, 0.3) is 22.6 Å². The van der Waals surface area contributed by atoms with Crippen LogP contribution in [0.5, 0.6) is 0 Å². The molecular formula is C19H16N4O3. The third kappa shape index (κ3) is 2.40. The highest BCUT2D eigenvalue weighted by Crippen LogP contribution is 2.27. The largest absolute Gasteiger partial charge is 0.461 e. The summed E-state index contributed by atoms with van der Waals surface area (Å²) in [6.45, 7) is 1.31. The Morgan fingerprint density at radius 3 is 2.96 bits per heavy atom. The van der Waals surface area contributed by atoms with E-state index in [4.69, 9.17) is 8.94 Å². The molecule has 7 heteroatoms. The SMILES string of the molecule is O=C(c1cc(-c2ccco2)on1)N1CCC(n2cnc3ccccc32)C1. The molecular weight excluding hydrogens is 332 g/mol. The Morgan fingerprint density at radius 1 is 1.15 bits per heavy atom. The van der Waals surface area contributed by atoms with E-state index >= 15 is 0 Å². The number of aromatic nitrogens is 3. The third-order valence-corrected chi connectivity index (χ3v) is 4.82. The lowest BCUT2D eigenvalue weighted by Crippen LogP contribution is -2.29. The van der Waals surface area contributed by atoms with Gasteiger partial charge in [-0.2, -0.15) is 0 Å². The highest BCUT2D eigenvalue weighted by Gasteiger charge is 2.30. The van der Waals surface area contributed by atoms with Crippen molar-refractivity contribution in [2.45, 2.75) is 12.5 Å². The number of para-hydroxylation sites is 2. The first-order valence-corrected chi connectivity index (χ1v) is 8.51. The minimum Gasteiger partial charge on any atom is -0.461 e. The molecule has 1 unspecified atom stereocenters. The summed E-state index contributed by atoms with van der Waals surface area (Å²) in [5.41, 5.74) is 2.36. The van der Waals surface area contributed by atoms with Gasteiger partial charge in [-0.25, -0.2) is 4.98 Å². The molecule has 130 valence electrons. The molecule has 1 saturated heterocycles. The van der Waals surface area contributed by atoms with E-state index in [2.05, 4.69) is 20.8 Å². The van der Waals surface area contributed by atoms with Crippen LogP contribution in [-0.2, 0) is 0 Å². The van der Waals surface area contributed by atoms with Crippen molar-refractivity contribution in [2.75, 3.05) is 13.1 Å². The Bertz CT molecular complexity index is 1060. The van der Waals surface area contributed by atoms with Gasteiger partial charge in [-0.3, -0.25) is 4.79 Å². The molecule has 0 bridgehead atoms. The van der Waals surface area contributed by atoms with Crippen LogP contribution in [0.2, 0.25) is 0 Å². The summed E-state index contributed by atoms with van der Waals surface area (Å²) in [6.07, 6.45) is 4.29. The lowest BCUT2D eigenvalue weighted by atomic mass is 10.2. The van der Waals surface area contributed by atoms with Crippen molar-refractivity contribution in [3.05, 3.63) is 60.7 Å². The van der Waals surface area contributed by atoms with Gasteiger partial charge in [-0.1, -0.05) is 17.3 Å². The van der Waals surface area contributed by atoms with Crippen LogP contribution >= 0.6 is 0 Å². The second-order valence-corrected chi connectivity index (χ2v) is 6.39. The van der Waals surface area contributed by atoms with Gasteiger partial charge >= 0.3 is 0 Å². The van der Waals surface area contributed by atoms with Crippen molar-refractivity contribution < 1.29 is 13.7 Å². The molecule has 1 atom stereocenters. The van der Waals surface area contributed by atoms with Gasteiger partial charge in [0.15, 0.2) is 11.5 Å². The maximum absolute atomic E-state index is 12.8. The maximum atomic E-state index is 12.8. The van der Waals surface area contributed by atoms with E-state index in [9.17, 15) is 4.79 Å². The van der Waals surface area contributed by atoms with E-state index in [0.717, 1.165) is 17.5 Å². The van der Waals surface area contributed by atoms with Gasteiger partial charge in [-0.15, -0.1) is 0 Å². The second-order valence-electron chi connectivity index (χ2n) is 6.39.